The first-order valence-corrected chi connectivity index (χ1v) is 8.05. The molecule has 2 aliphatic rings. The molecule has 1 aromatic rings. The van der Waals surface area contributed by atoms with Crippen molar-refractivity contribution in [2.75, 3.05) is 39.3 Å². The summed E-state index contributed by atoms with van der Waals surface area (Å²) in [6.07, 6.45) is 1.13. The van der Waals surface area contributed by atoms with E-state index in [1.54, 1.807) is 0 Å². The monoisotopic (exact) mass is 273 g/mol. The molecule has 1 aromatic carbocycles. The molecule has 2 saturated heterocycles. The fourth-order valence-corrected chi connectivity index (χ4v) is 3.33. The van der Waals surface area contributed by atoms with E-state index in [4.69, 9.17) is 0 Å². The van der Waals surface area contributed by atoms with Gasteiger partial charge in [-0.15, -0.1) is 0 Å². The quantitative estimate of drug-likeness (QED) is 0.904. The van der Waals surface area contributed by atoms with Gasteiger partial charge in [0.25, 0.3) is 0 Å². The molecule has 0 radical (unpaired) electrons. The maximum absolute atomic E-state index is 3.43. The standard InChI is InChI=1S/C17H27N3/c1-3-15-4-6-16(7-5-15)14(2)20-12-17(13-20)19-10-8-18-9-11-19/h4-7,14,17-18H,3,8-13H2,1-2H3. The second kappa shape index (κ2) is 6.25. The van der Waals surface area contributed by atoms with Crippen LogP contribution in [0, 0.1) is 0 Å². The number of hydrogen-bond donors (Lipinski definition) is 1. The van der Waals surface area contributed by atoms with E-state index in [2.05, 4.69) is 53.2 Å². The average Bonchev–Trinajstić information content (AvgIpc) is 2.47. The van der Waals surface area contributed by atoms with Crippen molar-refractivity contribution in [2.45, 2.75) is 32.4 Å². The predicted octanol–water partition coefficient (Wildman–Crippen LogP) is 1.90. The lowest BCUT2D eigenvalue weighted by Crippen LogP contribution is -2.62. The number of hydrogen-bond acceptors (Lipinski definition) is 3. The number of piperazine rings is 1. The molecule has 0 aliphatic carbocycles. The van der Waals surface area contributed by atoms with Crippen LogP contribution in [0.15, 0.2) is 24.3 Å². The van der Waals surface area contributed by atoms with E-state index in [9.17, 15) is 0 Å². The van der Waals surface area contributed by atoms with E-state index in [-0.39, 0.29) is 0 Å². The first-order chi connectivity index (χ1) is 9.78. The Hall–Kier alpha value is -0.900. The van der Waals surface area contributed by atoms with Crippen molar-refractivity contribution in [3.8, 4) is 0 Å². The summed E-state index contributed by atoms with van der Waals surface area (Å²) in [7, 11) is 0. The highest BCUT2D eigenvalue weighted by Crippen LogP contribution is 2.27. The van der Waals surface area contributed by atoms with Gasteiger partial charge in [-0.05, 0) is 24.5 Å². The largest absolute Gasteiger partial charge is 0.314 e. The Labute approximate surface area is 123 Å². The van der Waals surface area contributed by atoms with Crippen LogP contribution < -0.4 is 5.32 Å². The highest BCUT2D eigenvalue weighted by Gasteiger charge is 2.34. The Morgan fingerprint density at radius 2 is 1.80 bits per heavy atom. The van der Waals surface area contributed by atoms with E-state index in [0.29, 0.717) is 6.04 Å². The first-order valence-electron chi connectivity index (χ1n) is 8.05. The number of likely N-dealkylation sites (tertiary alicyclic amines) is 1. The van der Waals surface area contributed by atoms with Crippen molar-refractivity contribution in [3.63, 3.8) is 0 Å². The third-order valence-corrected chi connectivity index (χ3v) is 4.98. The maximum atomic E-state index is 3.43. The molecule has 0 saturated carbocycles. The minimum absolute atomic E-state index is 0.556. The zero-order valence-electron chi connectivity index (χ0n) is 12.8. The van der Waals surface area contributed by atoms with Gasteiger partial charge in [-0.2, -0.15) is 0 Å². The molecule has 1 unspecified atom stereocenters. The SMILES string of the molecule is CCc1ccc(C(C)N2CC(N3CCNCC3)C2)cc1. The number of nitrogens with one attached hydrogen (secondary N) is 1. The lowest BCUT2D eigenvalue weighted by Gasteiger charge is -2.49. The second-order valence-electron chi connectivity index (χ2n) is 6.16. The van der Waals surface area contributed by atoms with Gasteiger partial charge in [-0.25, -0.2) is 0 Å². The molecular formula is C17H27N3. The van der Waals surface area contributed by atoms with Gasteiger partial charge in [0.1, 0.15) is 0 Å². The summed E-state index contributed by atoms with van der Waals surface area (Å²) < 4.78 is 0. The molecule has 2 fully saturated rings. The Kier molecular flexibility index (Phi) is 4.39. The van der Waals surface area contributed by atoms with Gasteiger partial charge in [-0.1, -0.05) is 31.2 Å². The lowest BCUT2D eigenvalue weighted by molar-refractivity contribution is 0.00347. The summed E-state index contributed by atoms with van der Waals surface area (Å²) in [6.45, 7) is 11.8. The molecule has 0 aromatic heterocycles. The maximum Gasteiger partial charge on any atom is 0.0351 e. The topological polar surface area (TPSA) is 18.5 Å². The fourth-order valence-electron chi connectivity index (χ4n) is 3.33. The first kappa shape index (κ1) is 14.1. The van der Waals surface area contributed by atoms with E-state index < -0.39 is 0 Å². The minimum Gasteiger partial charge on any atom is -0.314 e. The summed E-state index contributed by atoms with van der Waals surface area (Å²) in [5.41, 5.74) is 2.89. The molecule has 20 heavy (non-hydrogen) atoms. The molecule has 1 atom stereocenters. The van der Waals surface area contributed by atoms with Crippen LogP contribution in [-0.2, 0) is 6.42 Å². The second-order valence-corrected chi connectivity index (χ2v) is 6.16. The summed E-state index contributed by atoms with van der Waals surface area (Å²) >= 11 is 0. The summed E-state index contributed by atoms with van der Waals surface area (Å²) in [6, 6.07) is 10.5. The van der Waals surface area contributed by atoms with Crippen molar-refractivity contribution >= 4 is 0 Å². The molecular weight excluding hydrogens is 246 g/mol. The third kappa shape index (κ3) is 2.90. The molecule has 0 bridgehead atoms. The van der Waals surface area contributed by atoms with Crippen molar-refractivity contribution in [1.82, 2.24) is 15.1 Å². The molecule has 110 valence electrons. The Morgan fingerprint density at radius 3 is 2.40 bits per heavy atom. The highest BCUT2D eigenvalue weighted by molar-refractivity contribution is 5.25. The molecule has 2 aliphatic heterocycles. The van der Waals surface area contributed by atoms with Crippen LogP contribution in [-0.4, -0.2) is 55.1 Å². The zero-order valence-corrected chi connectivity index (χ0v) is 12.8. The molecule has 0 spiro atoms. The van der Waals surface area contributed by atoms with Gasteiger partial charge in [-0.3, -0.25) is 9.80 Å². The minimum atomic E-state index is 0.556. The van der Waals surface area contributed by atoms with Crippen molar-refractivity contribution in [3.05, 3.63) is 35.4 Å². The Balaban J connectivity index is 1.52. The van der Waals surface area contributed by atoms with E-state index in [1.807, 2.05) is 0 Å². The normalized spacial score (nSPS) is 23.5. The van der Waals surface area contributed by atoms with Gasteiger partial charge in [0.05, 0.1) is 0 Å². The summed E-state index contributed by atoms with van der Waals surface area (Å²) in [5.74, 6) is 0. The zero-order chi connectivity index (χ0) is 13.9. The van der Waals surface area contributed by atoms with Crippen LogP contribution >= 0.6 is 0 Å². The predicted molar refractivity (Wildman–Crippen MR) is 84.0 cm³/mol. The van der Waals surface area contributed by atoms with Crippen molar-refractivity contribution in [2.24, 2.45) is 0 Å². The molecule has 3 heteroatoms. The number of nitrogens with zero attached hydrogens (tertiary/aromatic N) is 2. The van der Waals surface area contributed by atoms with Crippen LogP contribution in [0.3, 0.4) is 0 Å². The van der Waals surface area contributed by atoms with Crippen molar-refractivity contribution < 1.29 is 0 Å². The van der Waals surface area contributed by atoms with Crippen LogP contribution in [0.1, 0.15) is 31.0 Å². The molecule has 0 amide bonds. The lowest BCUT2D eigenvalue weighted by atomic mass is 9.98. The molecule has 2 heterocycles. The fraction of sp³-hybridized carbons (Fsp3) is 0.647. The van der Waals surface area contributed by atoms with Gasteiger partial charge in [0.2, 0.25) is 0 Å². The number of benzene rings is 1. The van der Waals surface area contributed by atoms with Crippen molar-refractivity contribution in [1.29, 1.82) is 0 Å². The molecule has 3 nitrogen and oxygen atoms in total. The number of aryl methyl sites for hydroxylation is 1. The molecule has 1 N–H and O–H groups in total. The third-order valence-electron chi connectivity index (χ3n) is 4.98. The summed E-state index contributed by atoms with van der Waals surface area (Å²) in [5, 5.41) is 3.43. The average molecular weight is 273 g/mol. The Bertz CT molecular complexity index is 416. The Morgan fingerprint density at radius 1 is 1.15 bits per heavy atom. The van der Waals surface area contributed by atoms with Gasteiger partial charge in [0, 0.05) is 51.4 Å². The summed E-state index contributed by atoms with van der Waals surface area (Å²) in [4.78, 5) is 5.26. The van der Waals surface area contributed by atoms with E-state index in [0.717, 1.165) is 25.6 Å². The van der Waals surface area contributed by atoms with Gasteiger partial charge >= 0.3 is 0 Å². The van der Waals surface area contributed by atoms with Crippen LogP contribution in [0.4, 0.5) is 0 Å². The number of rotatable bonds is 4. The van der Waals surface area contributed by atoms with Gasteiger partial charge < -0.3 is 5.32 Å². The smallest absolute Gasteiger partial charge is 0.0351 e. The van der Waals surface area contributed by atoms with E-state index >= 15 is 0 Å². The van der Waals surface area contributed by atoms with Crippen LogP contribution in [0.5, 0.6) is 0 Å². The van der Waals surface area contributed by atoms with Crippen LogP contribution in [0.2, 0.25) is 0 Å². The highest BCUT2D eigenvalue weighted by atomic mass is 15.3. The van der Waals surface area contributed by atoms with E-state index in [1.165, 1.54) is 37.3 Å². The molecule has 3 rings (SSSR count). The van der Waals surface area contributed by atoms with Gasteiger partial charge in [0.15, 0.2) is 0 Å². The van der Waals surface area contributed by atoms with Crippen LogP contribution in [0.25, 0.3) is 0 Å².